The Morgan fingerprint density at radius 2 is 2.30 bits per heavy atom. The predicted octanol–water partition coefficient (Wildman–Crippen LogP) is 1.58. The van der Waals surface area contributed by atoms with Gasteiger partial charge in [-0.15, -0.1) is 0 Å². The van der Waals surface area contributed by atoms with Crippen LogP contribution in [-0.2, 0) is 27.3 Å². The van der Waals surface area contributed by atoms with Gasteiger partial charge in [0.2, 0.25) is 0 Å². The van der Waals surface area contributed by atoms with E-state index in [1.807, 2.05) is 13.8 Å². The quantitative estimate of drug-likeness (QED) is 0.838. The van der Waals surface area contributed by atoms with Crippen molar-refractivity contribution in [1.82, 2.24) is 9.78 Å². The first-order chi connectivity index (χ1) is 9.42. The van der Waals surface area contributed by atoms with Gasteiger partial charge in [-0.1, -0.05) is 0 Å². The van der Waals surface area contributed by atoms with Gasteiger partial charge in [0.05, 0.1) is 29.1 Å². The molecule has 20 heavy (non-hydrogen) atoms. The summed E-state index contributed by atoms with van der Waals surface area (Å²) in [5.74, 6) is -1.40. The van der Waals surface area contributed by atoms with E-state index < -0.39 is 11.4 Å². The number of aromatic nitrogens is 2. The lowest BCUT2D eigenvalue weighted by molar-refractivity contribution is -0.164. The molecule has 1 saturated heterocycles. The highest BCUT2D eigenvalue weighted by Crippen LogP contribution is 2.33. The third-order valence-electron chi connectivity index (χ3n) is 3.69. The molecule has 0 amide bonds. The maximum atomic E-state index is 12.2. The Labute approximate surface area is 125 Å². The Kier molecular flexibility index (Phi) is 4.29. The average Bonchev–Trinajstić information content (AvgIpc) is 2.68. The van der Waals surface area contributed by atoms with Crippen LogP contribution >= 0.6 is 15.9 Å². The van der Waals surface area contributed by atoms with Crippen molar-refractivity contribution in [2.45, 2.75) is 33.2 Å². The van der Waals surface area contributed by atoms with Crippen LogP contribution < -0.4 is 0 Å². The molecule has 0 spiro atoms. The van der Waals surface area contributed by atoms with Crippen LogP contribution in [-0.4, -0.2) is 39.9 Å². The summed E-state index contributed by atoms with van der Waals surface area (Å²) in [5, 5.41) is 13.9. The SMILES string of the molecule is CCn1nc(C)c(Br)c1CC1(C(=O)O)COCCC1=O. The van der Waals surface area contributed by atoms with Gasteiger partial charge in [0.15, 0.2) is 11.2 Å². The van der Waals surface area contributed by atoms with E-state index in [0.29, 0.717) is 13.2 Å². The van der Waals surface area contributed by atoms with Crippen molar-refractivity contribution in [2.24, 2.45) is 5.41 Å². The summed E-state index contributed by atoms with van der Waals surface area (Å²) in [5.41, 5.74) is 0.0120. The predicted molar refractivity (Wildman–Crippen MR) is 74.6 cm³/mol. The van der Waals surface area contributed by atoms with Crippen molar-refractivity contribution in [3.05, 3.63) is 15.9 Å². The van der Waals surface area contributed by atoms with Gasteiger partial charge in [0.25, 0.3) is 0 Å². The lowest BCUT2D eigenvalue weighted by Crippen LogP contribution is -2.49. The molecular weight excluding hydrogens is 328 g/mol. The van der Waals surface area contributed by atoms with Crippen LogP contribution in [0.5, 0.6) is 0 Å². The summed E-state index contributed by atoms with van der Waals surface area (Å²) in [4.78, 5) is 23.8. The molecule has 1 aliphatic rings. The lowest BCUT2D eigenvalue weighted by Gasteiger charge is -2.31. The lowest BCUT2D eigenvalue weighted by atomic mass is 9.77. The van der Waals surface area contributed by atoms with Gasteiger partial charge in [0, 0.05) is 19.4 Å². The summed E-state index contributed by atoms with van der Waals surface area (Å²) >= 11 is 3.43. The number of aliphatic carboxylic acids is 1. The Morgan fingerprint density at radius 3 is 2.85 bits per heavy atom. The number of carboxylic acid groups (broad SMARTS) is 1. The number of ketones is 1. The number of aryl methyl sites for hydroxylation is 2. The largest absolute Gasteiger partial charge is 0.480 e. The number of ether oxygens (including phenoxy) is 1. The molecular formula is C13H17BrN2O4. The van der Waals surface area contributed by atoms with Gasteiger partial charge in [-0.05, 0) is 29.8 Å². The maximum Gasteiger partial charge on any atom is 0.319 e. The molecule has 0 radical (unpaired) electrons. The number of hydrogen-bond donors (Lipinski definition) is 1. The zero-order chi connectivity index (χ0) is 14.9. The molecule has 1 aromatic heterocycles. The number of rotatable bonds is 4. The van der Waals surface area contributed by atoms with E-state index in [9.17, 15) is 14.7 Å². The molecule has 1 atom stereocenters. The van der Waals surface area contributed by atoms with E-state index >= 15 is 0 Å². The standard InChI is InChI=1S/C13H17BrN2O4/c1-3-16-9(11(14)8(2)15-16)6-13(12(18)19)7-20-5-4-10(13)17/h3-7H2,1-2H3,(H,18,19). The van der Waals surface area contributed by atoms with Gasteiger partial charge in [-0.3, -0.25) is 14.3 Å². The van der Waals surface area contributed by atoms with Crippen molar-refractivity contribution in [3.63, 3.8) is 0 Å². The molecule has 1 fully saturated rings. The first-order valence-electron chi connectivity index (χ1n) is 6.48. The summed E-state index contributed by atoms with van der Waals surface area (Å²) in [6.45, 7) is 4.59. The highest BCUT2D eigenvalue weighted by molar-refractivity contribution is 9.10. The van der Waals surface area contributed by atoms with Crippen LogP contribution in [0.4, 0.5) is 0 Å². The van der Waals surface area contributed by atoms with Crippen molar-refractivity contribution < 1.29 is 19.4 Å². The smallest absolute Gasteiger partial charge is 0.319 e. The third kappa shape index (κ3) is 2.40. The average molecular weight is 345 g/mol. The minimum absolute atomic E-state index is 0.0818. The van der Waals surface area contributed by atoms with E-state index in [2.05, 4.69) is 21.0 Å². The third-order valence-corrected chi connectivity index (χ3v) is 4.72. The van der Waals surface area contributed by atoms with Gasteiger partial charge < -0.3 is 9.84 Å². The molecule has 1 unspecified atom stereocenters. The second-order valence-corrected chi connectivity index (χ2v) is 5.74. The second kappa shape index (κ2) is 5.65. The highest BCUT2D eigenvalue weighted by atomic mass is 79.9. The molecule has 1 aromatic rings. The molecule has 1 aliphatic heterocycles. The number of carboxylic acids is 1. The van der Waals surface area contributed by atoms with Crippen molar-refractivity contribution in [3.8, 4) is 0 Å². The van der Waals surface area contributed by atoms with Gasteiger partial charge in [-0.2, -0.15) is 5.10 Å². The topological polar surface area (TPSA) is 81.4 Å². The molecule has 0 saturated carbocycles. The van der Waals surface area contributed by atoms with E-state index in [1.54, 1.807) is 4.68 Å². The van der Waals surface area contributed by atoms with Gasteiger partial charge >= 0.3 is 5.97 Å². The number of halogens is 1. The van der Waals surface area contributed by atoms with Crippen LogP contribution in [0.1, 0.15) is 24.7 Å². The minimum Gasteiger partial charge on any atom is -0.480 e. The zero-order valence-corrected chi connectivity index (χ0v) is 13.1. The first-order valence-corrected chi connectivity index (χ1v) is 7.28. The molecule has 1 N–H and O–H groups in total. The van der Waals surface area contributed by atoms with Crippen LogP contribution in [0.15, 0.2) is 4.47 Å². The molecule has 2 heterocycles. The number of carbonyl (C=O) groups excluding carboxylic acids is 1. The fraction of sp³-hybridized carbons (Fsp3) is 0.615. The molecule has 0 aliphatic carbocycles. The molecule has 0 bridgehead atoms. The zero-order valence-electron chi connectivity index (χ0n) is 11.5. The number of Topliss-reactive ketones (excluding diaryl/α,β-unsaturated/α-hetero) is 1. The normalized spacial score (nSPS) is 23.1. The van der Waals surface area contributed by atoms with Crippen molar-refractivity contribution >= 4 is 27.7 Å². The van der Waals surface area contributed by atoms with Crippen LogP contribution in [0, 0.1) is 12.3 Å². The highest BCUT2D eigenvalue weighted by Gasteiger charge is 2.49. The summed E-state index contributed by atoms with van der Waals surface area (Å²) in [7, 11) is 0. The Morgan fingerprint density at radius 1 is 1.60 bits per heavy atom. The van der Waals surface area contributed by atoms with Crippen LogP contribution in [0.2, 0.25) is 0 Å². The summed E-state index contributed by atoms with van der Waals surface area (Å²) in [6.07, 6.45) is 0.236. The fourth-order valence-electron chi connectivity index (χ4n) is 2.46. The van der Waals surface area contributed by atoms with Crippen molar-refractivity contribution in [1.29, 1.82) is 0 Å². The summed E-state index contributed by atoms with van der Waals surface area (Å²) < 4.78 is 7.75. The fourth-order valence-corrected chi connectivity index (χ4v) is 2.89. The second-order valence-electron chi connectivity index (χ2n) is 4.95. The van der Waals surface area contributed by atoms with Gasteiger partial charge in [0.1, 0.15) is 0 Å². The molecule has 2 rings (SSSR count). The van der Waals surface area contributed by atoms with Crippen LogP contribution in [0.25, 0.3) is 0 Å². The minimum atomic E-state index is -1.50. The number of carbonyl (C=O) groups is 2. The van der Waals surface area contributed by atoms with Crippen LogP contribution in [0.3, 0.4) is 0 Å². The monoisotopic (exact) mass is 344 g/mol. The van der Waals surface area contributed by atoms with E-state index in [4.69, 9.17) is 4.74 Å². The molecule has 7 heteroatoms. The molecule has 6 nitrogen and oxygen atoms in total. The first kappa shape index (κ1) is 15.2. The Hall–Kier alpha value is -1.21. The Bertz CT molecular complexity index is 555. The maximum absolute atomic E-state index is 12.2. The number of hydrogen-bond acceptors (Lipinski definition) is 4. The Balaban J connectivity index is 2.43. The van der Waals surface area contributed by atoms with Gasteiger partial charge in [-0.25, -0.2) is 0 Å². The van der Waals surface area contributed by atoms with E-state index in [-0.39, 0.29) is 25.2 Å². The molecule has 110 valence electrons. The van der Waals surface area contributed by atoms with E-state index in [1.165, 1.54) is 0 Å². The van der Waals surface area contributed by atoms with E-state index in [0.717, 1.165) is 15.9 Å². The number of nitrogens with zero attached hydrogens (tertiary/aromatic N) is 2. The van der Waals surface area contributed by atoms with Crippen molar-refractivity contribution in [2.75, 3.05) is 13.2 Å². The molecule has 0 aromatic carbocycles. The summed E-state index contributed by atoms with van der Waals surface area (Å²) in [6, 6.07) is 0.